The zero-order valence-electron chi connectivity index (χ0n) is 14.7. The van der Waals surface area contributed by atoms with Gasteiger partial charge in [-0.15, -0.1) is 3.89 Å². The minimum atomic E-state index is -5.42. The summed E-state index contributed by atoms with van der Waals surface area (Å²) in [6, 6.07) is 0. The summed E-state index contributed by atoms with van der Waals surface area (Å²) in [7, 11) is -5.60. The Morgan fingerprint density at radius 2 is 1.86 bits per heavy atom. The molecule has 0 aliphatic heterocycles. The molecule has 3 nitrogen and oxygen atoms in total. The highest BCUT2D eigenvalue weighted by molar-refractivity contribution is 7.97. The van der Waals surface area contributed by atoms with Crippen LogP contribution in [0.2, 0.25) is 19.6 Å². The first-order chi connectivity index (χ1) is 9.68. The first-order valence-electron chi connectivity index (χ1n) is 7.63. The third-order valence-electron chi connectivity index (χ3n) is 3.36. The van der Waals surface area contributed by atoms with Crippen molar-refractivity contribution in [3.8, 4) is 0 Å². The predicted molar refractivity (Wildman–Crippen MR) is 97.5 cm³/mol. The number of halogens is 1. The summed E-state index contributed by atoms with van der Waals surface area (Å²) in [5, 5.41) is 1.52. The molecule has 1 aliphatic carbocycles. The Balaban J connectivity index is 0.000000763. The molecule has 0 heterocycles. The third-order valence-corrected chi connectivity index (χ3v) is 9.70. The van der Waals surface area contributed by atoms with Gasteiger partial charge in [0.05, 0.1) is 11.6 Å². The zero-order valence-corrected chi connectivity index (χ0v) is 17.4. The Bertz CT molecular complexity index is 460. The van der Waals surface area contributed by atoms with Crippen molar-refractivity contribution in [1.29, 1.82) is 0 Å². The van der Waals surface area contributed by atoms with Gasteiger partial charge in [0.25, 0.3) is 10.5 Å². The summed E-state index contributed by atoms with van der Waals surface area (Å²) in [4.78, 5) is 0. The van der Waals surface area contributed by atoms with Crippen molar-refractivity contribution in [2.24, 2.45) is 5.41 Å². The van der Waals surface area contributed by atoms with E-state index in [4.69, 9.17) is 13.0 Å². The largest absolute Gasteiger partial charge is 0.722 e. The molecule has 132 valence electrons. The lowest BCUT2D eigenvalue weighted by atomic mass is 9.79. The van der Waals surface area contributed by atoms with Gasteiger partial charge in [-0.3, -0.25) is 0 Å². The van der Waals surface area contributed by atoms with Gasteiger partial charge in [-0.25, -0.2) is 8.42 Å². The fourth-order valence-corrected chi connectivity index (χ4v) is 9.88. The van der Waals surface area contributed by atoms with Gasteiger partial charge >= 0.3 is 0 Å². The van der Waals surface area contributed by atoms with E-state index in [1.807, 2.05) is 0 Å². The maximum absolute atomic E-state index is 10.1. The highest BCUT2D eigenvalue weighted by atomic mass is 32.3. The summed E-state index contributed by atoms with van der Waals surface area (Å²) in [5.41, 5.74) is 2.22. The first-order valence-corrected chi connectivity index (χ1v) is 14.6. The molecule has 1 atom stereocenters. The second-order valence-electron chi connectivity index (χ2n) is 7.98. The van der Waals surface area contributed by atoms with E-state index in [2.05, 4.69) is 45.8 Å². The van der Waals surface area contributed by atoms with Crippen LogP contribution >= 0.6 is 0 Å². The van der Waals surface area contributed by atoms with Crippen molar-refractivity contribution in [3.05, 3.63) is 11.6 Å². The topological polar surface area (TPSA) is 57.2 Å². The molecule has 0 saturated carbocycles. The van der Waals surface area contributed by atoms with E-state index in [0.29, 0.717) is 16.3 Å². The molecule has 7 heteroatoms. The second kappa shape index (κ2) is 8.85. The van der Waals surface area contributed by atoms with Gasteiger partial charge in [0.2, 0.25) is 0 Å². The van der Waals surface area contributed by atoms with Crippen LogP contribution in [0.1, 0.15) is 39.5 Å². The van der Waals surface area contributed by atoms with Crippen molar-refractivity contribution in [2.75, 3.05) is 17.4 Å². The molecule has 1 unspecified atom stereocenters. The summed E-state index contributed by atoms with van der Waals surface area (Å²) in [6.45, 7) is 12.3. The molecule has 0 N–H and O–H groups in total. The fourth-order valence-electron chi connectivity index (χ4n) is 2.78. The van der Waals surface area contributed by atoms with E-state index in [1.54, 1.807) is 5.57 Å². The van der Waals surface area contributed by atoms with Crippen molar-refractivity contribution in [1.82, 2.24) is 0 Å². The lowest BCUT2D eigenvalue weighted by Crippen LogP contribution is -2.33. The van der Waals surface area contributed by atoms with Crippen LogP contribution in [0, 0.1) is 5.41 Å². The molecular formula is C15H31FO3S2Si. The third kappa shape index (κ3) is 15.1. The molecule has 0 saturated heterocycles. The number of hydrogen-bond donors (Lipinski definition) is 0. The minimum Gasteiger partial charge on any atom is -0.722 e. The van der Waals surface area contributed by atoms with Gasteiger partial charge in [0, 0.05) is 6.42 Å². The van der Waals surface area contributed by atoms with Crippen molar-refractivity contribution in [3.63, 3.8) is 0 Å². The summed E-state index contributed by atoms with van der Waals surface area (Å²) >= 11 is 0. The van der Waals surface area contributed by atoms with Crippen LogP contribution in [-0.2, 0) is 21.4 Å². The van der Waals surface area contributed by atoms with E-state index < -0.39 is 18.6 Å². The minimum absolute atomic E-state index is 0.471. The average Bonchev–Trinajstić information content (AvgIpc) is 2.20. The standard InChI is InChI=1S/C15H31SSi.FHO3S/c1-15(2)10-7-8-14(12-15)9-11-16(3)13-17(4,5)6;1-5(2,3)4/h12H,7-11,13H2,1-6H3;(H,2,3,4)/q+1;/p-1. The molecule has 0 spiro atoms. The lowest BCUT2D eigenvalue weighted by molar-refractivity contribution is 0.394. The maximum Gasteiger partial charge on any atom is 0.255 e. The van der Waals surface area contributed by atoms with E-state index in [9.17, 15) is 3.89 Å². The molecule has 0 fully saturated rings. The SMILES string of the molecule is C[S+](CCC1=CC(C)(C)CCC1)C[Si](C)(C)C.O=S(=O)([O-])F. The van der Waals surface area contributed by atoms with E-state index in [-0.39, 0.29) is 0 Å². The monoisotopic (exact) mass is 370 g/mol. The van der Waals surface area contributed by atoms with Crippen LogP contribution in [0.5, 0.6) is 0 Å². The quantitative estimate of drug-likeness (QED) is 0.241. The molecule has 0 amide bonds. The number of rotatable bonds is 5. The Hall–Kier alpha value is 0.147. The molecule has 1 rings (SSSR count). The average molecular weight is 371 g/mol. The van der Waals surface area contributed by atoms with Gasteiger partial charge in [-0.05, 0) is 35.6 Å². The van der Waals surface area contributed by atoms with Gasteiger partial charge in [-0.2, -0.15) is 0 Å². The second-order valence-corrected chi connectivity index (χ2v) is 17.0. The molecule has 0 aromatic heterocycles. The highest BCUT2D eigenvalue weighted by Crippen LogP contribution is 2.34. The lowest BCUT2D eigenvalue weighted by Gasteiger charge is -2.27. The van der Waals surface area contributed by atoms with E-state index in [1.165, 1.54) is 36.8 Å². The van der Waals surface area contributed by atoms with Crippen molar-refractivity contribution < 1.29 is 16.9 Å². The molecule has 0 radical (unpaired) electrons. The van der Waals surface area contributed by atoms with Crippen LogP contribution in [0.15, 0.2) is 11.6 Å². The van der Waals surface area contributed by atoms with Gasteiger partial charge < -0.3 is 4.55 Å². The Labute approximate surface area is 140 Å². The Morgan fingerprint density at radius 1 is 1.36 bits per heavy atom. The summed E-state index contributed by atoms with van der Waals surface area (Å²) < 4.78 is 35.3. The maximum atomic E-state index is 10.1. The summed E-state index contributed by atoms with van der Waals surface area (Å²) in [6.07, 6.45) is 10.6. The van der Waals surface area contributed by atoms with Crippen LogP contribution in [0.4, 0.5) is 3.89 Å². The van der Waals surface area contributed by atoms with Crippen LogP contribution in [0.25, 0.3) is 0 Å². The highest BCUT2D eigenvalue weighted by Gasteiger charge is 2.25. The van der Waals surface area contributed by atoms with E-state index >= 15 is 0 Å². The zero-order chi connectivity index (χ0) is 17.6. The molecule has 1 aliphatic rings. The smallest absolute Gasteiger partial charge is 0.255 e. The molecule has 0 aromatic carbocycles. The number of allylic oxidation sites excluding steroid dienone is 2. The van der Waals surface area contributed by atoms with E-state index in [0.717, 1.165) is 0 Å². The van der Waals surface area contributed by atoms with Gasteiger partial charge in [-0.1, -0.05) is 45.1 Å². The first kappa shape index (κ1) is 22.1. The summed E-state index contributed by atoms with van der Waals surface area (Å²) in [5.74, 6) is 1.44. The molecule has 22 heavy (non-hydrogen) atoms. The number of hydrogen-bond acceptors (Lipinski definition) is 3. The molecule has 0 bridgehead atoms. The predicted octanol–water partition coefficient (Wildman–Crippen LogP) is 4.05. The van der Waals surface area contributed by atoms with Crippen LogP contribution < -0.4 is 0 Å². The Kier molecular flexibility index (Phi) is 8.91. The van der Waals surface area contributed by atoms with Crippen LogP contribution in [0.3, 0.4) is 0 Å². The fraction of sp³-hybridized carbons (Fsp3) is 0.867. The van der Waals surface area contributed by atoms with Crippen molar-refractivity contribution >= 4 is 29.5 Å². The Morgan fingerprint density at radius 3 is 2.27 bits per heavy atom. The molecule has 0 aromatic rings. The normalized spacial score (nSPS) is 19.7. The van der Waals surface area contributed by atoms with Crippen molar-refractivity contribution in [2.45, 2.75) is 59.2 Å². The molecular weight excluding hydrogens is 339 g/mol. The van der Waals surface area contributed by atoms with Gasteiger partial charge in [0.15, 0.2) is 0 Å². The van der Waals surface area contributed by atoms with Gasteiger partial charge in [0.1, 0.15) is 13.8 Å². The van der Waals surface area contributed by atoms with Crippen LogP contribution in [-0.4, -0.2) is 38.4 Å².